The number of anilines is 1. The normalized spacial score (nSPS) is 23.7. The standard InChI is InChI=1S/C23H24N2O5S/c1-5-13-29-21(26)18-19-14-9-8-12-17(28-4)20(14)30-23(18,2)25(22(31)24-19)15-10-6-7-11-16(15)27-3/h5-12,18-19H,1,13H2,2-4H3,(H,24,31). The lowest BCUT2D eigenvalue weighted by Gasteiger charge is -2.55. The SMILES string of the molecule is C=CCOC(=O)C1C2NC(=S)N(c3ccccc3OC)C1(C)Oc1c(OC)cccc12. The molecule has 4 rings (SSSR count). The largest absolute Gasteiger partial charge is 0.495 e. The maximum Gasteiger partial charge on any atom is 0.317 e. The molecule has 2 aromatic carbocycles. The van der Waals surface area contributed by atoms with Crippen LogP contribution in [0.2, 0.25) is 0 Å². The van der Waals surface area contributed by atoms with Crippen LogP contribution in [0, 0.1) is 5.92 Å². The number of fused-ring (bicyclic) bond motifs is 4. The number of hydrogen-bond donors (Lipinski definition) is 1. The van der Waals surface area contributed by atoms with Crippen LogP contribution in [-0.4, -0.2) is 37.6 Å². The maximum atomic E-state index is 13.3. The molecule has 0 spiro atoms. The third-order valence-corrected chi connectivity index (χ3v) is 5.93. The highest BCUT2D eigenvalue weighted by atomic mass is 32.1. The van der Waals surface area contributed by atoms with Crippen LogP contribution in [0.4, 0.5) is 5.69 Å². The maximum absolute atomic E-state index is 13.3. The van der Waals surface area contributed by atoms with Crippen LogP contribution in [-0.2, 0) is 9.53 Å². The van der Waals surface area contributed by atoms with E-state index < -0.39 is 23.7 Å². The lowest BCUT2D eigenvalue weighted by molar-refractivity contribution is -0.159. The van der Waals surface area contributed by atoms with Gasteiger partial charge in [-0.3, -0.25) is 9.69 Å². The predicted octanol–water partition coefficient (Wildman–Crippen LogP) is 3.59. The molecule has 0 aromatic heterocycles. The fourth-order valence-corrected chi connectivity index (χ4v) is 4.71. The number of esters is 1. The van der Waals surface area contributed by atoms with Crippen LogP contribution in [0.15, 0.2) is 55.1 Å². The Labute approximate surface area is 186 Å². The number of rotatable bonds is 6. The summed E-state index contributed by atoms with van der Waals surface area (Å²) >= 11 is 5.74. The van der Waals surface area contributed by atoms with Crippen LogP contribution in [0.25, 0.3) is 0 Å². The third-order valence-electron chi connectivity index (χ3n) is 5.63. The Kier molecular flexibility index (Phi) is 5.49. The average Bonchev–Trinajstić information content (AvgIpc) is 2.76. The molecule has 7 nitrogen and oxygen atoms in total. The Balaban J connectivity index is 1.92. The van der Waals surface area contributed by atoms with Crippen LogP contribution >= 0.6 is 12.2 Å². The fourth-order valence-electron chi connectivity index (χ4n) is 4.30. The van der Waals surface area contributed by atoms with E-state index in [0.29, 0.717) is 28.0 Å². The molecule has 31 heavy (non-hydrogen) atoms. The van der Waals surface area contributed by atoms with Gasteiger partial charge in [0.25, 0.3) is 0 Å². The molecule has 2 heterocycles. The summed E-state index contributed by atoms with van der Waals surface area (Å²) in [7, 11) is 3.16. The third kappa shape index (κ3) is 3.27. The first kappa shape index (κ1) is 21.0. The van der Waals surface area contributed by atoms with Crippen LogP contribution in [0.3, 0.4) is 0 Å². The second-order valence-electron chi connectivity index (χ2n) is 7.37. The second-order valence-corrected chi connectivity index (χ2v) is 7.75. The summed E-state index contributed by atoms with van der Waals surface area (Å²) in [5, 5.41) is 3.74. The van der Waals surface area contributed by atoms with Crippen molar-refractivity contribution in [3.05, 3.63) is 60.7 Å². The number of methoxy groups -OCH3 is 2. The van der Waals surface area contributed by atoms with Crippen molar-refractivity contribution in [2.45, 2.75) is 18.7 Å². The lowest BCUT2D eigenvalue weighted by Crippen LogP contribution is -2.71. The number of nitrogens with zero attached hydrogens (tertiary/aromatic N) is 1. The Hall–Kier alpha value is -3.26. The monoisotopic (exact) mass is 440 g/mol. The summed E-state index contributed by atoms with van der Waals surface area (Å²) < 4.78 is 23.1. The zero-order chi connectivity index (χ0) is 22.2. The quantitative estimate of drug-likeness (QED) is 0.415. The van der Waals surface area contributed by atoms with Crippen molar-refractivity contribution in [2.24, 2.45) is 5.92 Å². The van der Waals surface area contributed by atoms with Gasteiger partial charge in [0.15, 0.2) is 16.6 Å². The molecule has 1 fully saturated rings. The summed E-state index contributed by atoms with van der Waals surface area (Å²) in [6.45, 7) is 5.56. The second kappa shape index (κ2) is 8.11. The van der Waals surface area contributed by atoms with E-state index in [1.54, 1.807) is 19.1 Å². The van der Waals surface area contributed by atoms with E-state index in [2.05, 4.69) is 11.9 Å². The smallest absolute Gasteiger partial charge is 0.317 e. The minimum Gasteiger partial charge on any atom is -0.495 e. The van der Waals surface area contributed by atoms with Crippen molar-refractivity contribution < 1.29 is 23.7 Å². The van der Waals surface area contributed by atoms with Crippen molar-refractivity contribution in [3.63, 3.8) is 0 Å². The molecule has 2 aliphatic rings. The fraction of sp³-hybridized carbons (Fsp3) is 0.304. The molecule has 0 aliphatic carbocycles. The number of nitrogens with one attached hydrogen (secondary N) is 1. The minimum absolute atomic E-state index is 0.0994. The van der Waals surface area contributed by atoms with Crippen molar-refractivity contribution >= 4 is 29.0 Å². The zero-order valence-electron chi connectivity index (χ0n) is 17.6. The van der Waals surface area contributed by atoms with Crippen molar-refractivity contribution in [3.8, 4) is 17.2 Å². The van der Waals surface area contributed by atoms with Crippen LogP contribution in [0.1, 0.15) is 18.5 Å². The Morgan fingerprint density at radius 1 is 1.23 bits per heavy atom. The highest BCUT2D eigenvalue weighted by molar-refractivity contribution is 7.80. The van der Waals surface area contributed by atoms with Crippen LogP contribution in [0.5, 0.6) is 17.2 Å². The number of thiocarbonyl (C=S) groups is 1. The summed E-state index contributed by atoms with van der Waals surface area (Å²) in [5.41, 5.74) is 0.240. The highest BCUT2D eigenvalue weighted by Crippen LogP contribution is 2.53. The van der Waals surface area contributed by atoms with Gasteiger partial charge in [0, 0.05) is 5.56 Å². The number of para-hydroxylation sites is 3. The van der Waals surface area contributed by atoms with E-state index in [1.165, 1.54) is 6.08 Å². The molecule has 0 saturated carbocycles. The Morgan fingerprint density at radius 2 is 1.94 bits per heavy atom. The molecule has 2 aromatic rings. The molecule has 0 radical (unpaired) electrons. The summed E-state index contributed by atoms with van der Waals surface area (Å²) in [6.07, 6.45) is 1.53. The number of carbonyl (C=O) groups excluding carboxylic acids is 1. The topological polar surface area (TPSA) is 69.3 Å². The number of benzene rings is 2. The molecule has 162 valence electrons. The van der Waals surface area contributed by atoms with Crippen molar-refractivity contribution in [1.29, 1.82) is 0 Å². The number of ether oxygens (including phenoxy) is 4. The first-order chi connectivity index (χ1) is 15.0. The van der Waals surface area contributed by atoms with E-state index in [-0.39, 0.29) is 6.61 Å². The van der Waals surface area contributed by atoms with Gasteiger partial charge >= 0.3 is 5.97 Å². The molecule has 3 unspecified atom stereocenters. The van der Waals surface area contributed by atoms with Gasteiger partial charge in [-0.15, -0.1) is 0 Å². The van der Waals surface area contributed by atoms with Gasteiger partial charge in [0.2, 0.25) is 5.72 Å². The molecule has 8 heteroatoms. The van der Waals surface area contributed by atoms with Crippen LogP contribution < -0.4 is 24.4 Å². The van der Waals surface area contributed by atoms with Gasteiger partial charge in [-0.2, -0.15) is 0 Å². The molecular weight excluding hydrogens is 416 g/mol. The molecule has 0 amide bonds. The first-order valence-electron chi connectivity index (χ1n) is 9.83. The molecule has 1 saturated heterocycles. The molecule has 3 atom stereocenters. The van der Waals surface area contributed by atoms with E-state index in [4.69, 9.17) is 31.2 Å². The number of carbonyl (C=O) groups is 1. The van der Waals surface area contributed by atoms with Gasteiger partial charge in [-0.1, -0.05) is 36.9 Å². The summed E-state index contributed by atoms with van der Waals surface area (Å²) in [6, 6.07) is 12.5. The molecule has 1 N–H and O–H groups in total. The summed E-state index contributed by atoms with van der Waals surface area (Å²) in [4.78, 5) is 15.0. The first-order valence-corrected chi connectivity index (χ1v) is 10.2. The van der Waals surface area contributed by atoms with E-state index in [1.807, 2.05) is 49.4 Å². The minimum atomic E-state index is -1.21. The lowest BCUT2D eigenvalue weighted by atomic mass is 9.79. The average molecular weight is 441 g/mol. The van der Waals surface area contributed by atoms with Gasteiger partial charge < -0.3 is 24.3 Å². The van der Waals surface area contributed by atoms with Gasteiger partial charge in [0.05, 0.1) is 25.9 Å². The Bertz CT molecular complexity index is 1040. The van der Waals surface area contributed by atoms with Crippen molar-refractivity contribution in [2.75, 3.05) is 25.7 Å². The molecular formula is C23H24N2O5S. The highest BCUT2D eigenvalue weighted by Gasteiger charge is 2.60. The number of hydrogen-bond acceptors (Lipinski definition) is 6. The predicted molar refractivity (Wildman–Crippen MR) is 121 cm³/mol. The van der Waals surface area contributed by atoms with Gasteiger partial charge in [-0.05, 0) is 37.3 Å². The van der Waals surface area contributed by atoms with E-state index >= 15 is 0 Å². The van der Waals surface area contributed by atoms with Gasteiger partial charge in [0.1, 0.15) is 18.3 Å². The van der Waals surface area contributed by atoms with E-state index in [9.17, 15) is 4.79 Å². The molecule has 2 aliphatic heterocycles. The van der Waals surface area contributed by atoms with Crippen molar-refractivity contribution in [1.82, 2.24) is 5.32 Å². The van der Waals surface area contributed by atoms with E-state index in [0.717, 1.165) is 5.56 Å². The summed E-state index contributed by atoms with van der Waals surface area (Å²) in [5.74, 6) is 0.569. The Morgan fingerprint density at radius 3 is 2.65 bits per heavy atom. The van der Waals surface area contributed by atoms with Gasteiger partial charge in [-0.25, -0.2) is 0 Å². The zero-order valence-corrected chi connectivity index (χ0v) is 18.4. The molecule has 2 bridgehead atoms.